The van der Waals surface area contributed by atoms with Crippen molar-refractivity contribution in [1.29, 1.82) is 0 Å². The van der Waals surface area contributed by atoms with Crippen LogP contribution in [0.5, 0.6) is 0 Å². The van der Waals surface area contributed by atoms with Crippen LogP contribution in [0, 0.1) is 5.92 Å². The van der Waals surface area contributed by atoms with E-state index in [4.69, 9.17) is 4.74 Å². The topological polar surface area (TPSA) is 46.5 Å². The molecule has 0 heterocycles. The van der Waals surface area contributed by atoms with Gasteiger partial charge in [0, 0.05) is 5.92 Å². The van der Waals surface area contributed by atoms with Crippen molar-refractivity contribution < 1.29 is 14.6 Å². The van der Waals surface area contributed by atoms with E-state index in [-0.39, 0.29) is 12.0 Å². The fourth-order valence-corrected chi connectivity index (χ4v) is 1.75. The summed E-state index contributed by atoms with van der Waals surface area (Å²) in [5.41, 5.74) is -1.27. The lowest BCUT2D eigenvalue weighted by atomic mass is 9.79. The number of hydrogen-bond acceptors (Lipinski definition) is 3. The van der Waals surface area contributed by atoms with E-state index in [1.807, 2.05) is 6.92 Å². The summed E-state index contributed by atoms with van der Waals surface area (Å²) >= 11 is 0. The Morgan fingerprint density at radius 3 is 2.35 bits per heavy atom. The first-order valence-electron chi connectivity index (χ1n) is 6.02. The maximum Gasteiger partial charge on any atom is 0.343 e. The van der Waals surface area contributed by atoms with Crippen LogP contribution in [0.25, 0.3) is 0 Å². The zero-order valence-corrected chi connectivity index (χ0v) is 11.3. The minimum absolute atomic E-state index is 0.263. The van der Waals surface area contributed by atoms with Crippen molar-refractivity contribution in [2.75, 3.05) is 0 Å². The molecular formula is C14H24O3. The van der Waals surface area contributed by atoms with E-state index in [1.165, 1.54) is 0 Å². The highest BCUT2D eigenvalue weighted by atomic mass is 16.6. The molecule has 0 fully saturated rings. The molecule has 0 aliphatic rings. The van der Waals surface area contributed by atoms with Gasteiger partial charge >= 0.3 is 5.97 Å². The second-order valence-electron chi connectivity index (χ2n) is 4.63. The molecule has 0 aliphatic heterocycles. The highest BCUT2D eigenvalue weighted by molar-refractivity contribution is 5.84. The van der Waals surface area contributed by atoms with E-state index in [2.05, 4.69) is 13.2 Å². The Morgan fingerprint density at radius 1 is 1.53 bits per heavy atom. The number of esters is 1. The van der Waals surface area contributed by atoms with Gasteiger partial charge in [0.2, 0.25) is 0 Å². The average molecular weight is 240 g/mol. The van der Waals surface area contributed by atoms with Gasteiger partial charge in [0.15, 0.2) is 5.60 Å². The zero-order valence-electron chi connectivity index (χ0n) is 11.3. The van der Waals surface area contributed by atoms with E-state index in [0.717, 1.165) is 6.42 Å². The summed E-state index contributed by atoms with van der Waals surface area (Å²) in [5.74, 6) is -1.01. The molecular weight excluding hydrogens is 216 g/mol. The fraction of sp³-hybridized carbons (Fsp3) is 0.643. The highest BCUT2D eigenvalue weighted by Gasteiger charge is 2.44. The van der Waals surface area contributed by atoms with Crippen LogP contribution in [0.2, 0.25) is 0 Å². The average Bonchev–Trinajstić information content (AvgIpc) is 2.23. The third-order valence-corrected chi connectivity index (χ3v) is 2.73. The second kappa shape index (κ2) is 6.60. The molecule has 98 valence electrons. The Morgan fingerprint density at radius 2 is 2.06 bits per heavy atom. The third-order valence-electron chi connectivity index (χ3n) is 2.73. The van der Waals surface area contributed by atoms with Gasteiger partial charge in [-0.2, -0.15) is 0 Å². The van der Waals surface area contributed by atoms with Crippen LogP contribution < -0.4 is 0 Å². The molecule has 1 N–H and O–H groups in total. The molecule has 0 rings (SSSR count). The zero-order chi connectivity index (χ0) is 13.6. The number of aliphatic hydroxyl groups is 1. The highest BCUT2D eigenvalue weighted by Crippen LogP contribution is 2.31. The molecule has 0 amide bonds. The summed E-state index contributed by atoms with van der Waals surface area (Å²) in [5, 5.41) is 10.6. The smallest absolute Gasteiger partial charge is 0.343 e. The van der Waals surface area contributed by atoms with Crippen molar-refractivity contribution in [2.45, 2.75) is 52.2 Å². The molecule has 0 aromatic carbocycles. The van der Waals surface area contributed by atoms with Crippen molar-refractivity contribution in [3.05, 3.63) is 24.8 Å². The van der Waals surface area contributed by atoms with Gasteiger partial charge < -0.3 is 9.84 Å². The lowest BCUT2D eigenvalue weighted by Crippen LogP contribution is -2.48. The molecule has 17 heavy (non-hydrogen) atoms. The monoisotopic (exact) mass is 240 g/mol. The van der Waals surface area contributed by atoms with Gasteiger partial charge in [-0.3, -0.25) is 0 Å². The first kappa shape index (κ1) is 15.9. The summed E-state index contributed by atoms with van der Waals surface area (Å²) < 4.78 is 5.11. The van der Waals surface area contributed by atoms with Crippen molar-refractivity contribution in [3.8, 4) is 0 Å². The molecule has 3 heteroatoms. The van der Waals surface area contributed by atoms with E-state index in [9.17, 15) is 9.90 Å². The van der Waals surface area contributed by atoms with Gasteiger partial charge in [-0.05, 0) is 32.8 Å². The number of rotatable bonds is 7. The van der Waals surface area contributed by atoms with Crippen LogP contribution >= 0.6 is 0 Å². The second-order valence-corrected chi connectivity index (χ2v) is 4.63. The molecule has 0 spiro atoms. The summed E-state index contributed by atoms with van der Waals surface area (Å²) in [4.78, 5) is 12.0. The van der Waals surface area contributed by atoms with Crippen LogP contribution in [0.3, 0.4) is 0 Å². The maximum atomic E-state index is 12.0. The van der Waals surface area contributed by atoms with Gasteiger partial charge in [-0.15, -0.1) is 6.58 Å². The first-order chi connectivity index (χ1) is 7.80. The Labute approximate surface area is 104 Å². The van der Waals surface area contributed by atoms with Crippen LogP contribution in [-0.2, 0) is 9.53 Å². The quantitative estimate of drug-likeness (QED) is 0.550. The molecule has 0 saturated heterocycles. The summed E-state index contributed by atoms with van der Waals surface area (Å²) in [6, 6.07) is 0. The summed E-state index contributed by atoms with van der Waals surface area (Å²) in [6.45, 7) is 14.5. The largest absolute Gasteiger partial charge is 0.461 e. The number of hydrogen-bond donors (Lipinski definition) is 1. The third kappa shape index (κ3) is 3.70. The van der Waals surface area contributed by atoms with Crippen molar-refractivity contribution in [3.63, 3.8) is 0 Å². The van der Waals surface area contributed by atoms with Crippen molar-refractivity contribution in [1.82, 2.24) is 0 Å². The Balaban J connectivity index is 5.20. The number of carbonyl (C=O) groups is 1. The van der Waals surface area contributed by atoms with Crippen molar-refractivity contribution in [2.24, 2.45) is 5.92 Å². The van der Waals surface area contributed by atoms with Crippen LogP contribution in [0.1, 0.15) is 40.5 Å². The van der Waals surface area contributed by atoms with Crippen LogP contribution in [-0.4, -0.2) is 22.8 Å². The predicted octanol–water partition coefficient (Wildman–Crippen LogP) is 2.85. The van der Waals surface area contributed by atoms with Gasteiger partial charge in [-0.1, -0.05) is 26.0 Å². The predicted molar refractivity (Wildman–Crippen MR) is 69.6 cm³/mol. The van der Waals surface area contributed by atoms with Gasteiger partial charge in [0.05, 0.1) is 6.10 Å². The van der Waals surface area contributed by atoms with Gasteiger partial charge in [0.1, 0.15) is 0 Å². The number of carbonyl (C=O) groups excluding carboxylic acids is 1. The molecule has 0 aromatic heterocycles. The molecule has 3 nitrogen and oxygen atoms in total. The van der Waals surface area contributed by atoms with Crippen molar-refractivity contribution >= 4 is 5.97 Å². The SMILES string of the molecule is C=C[C@H](CCC)[C@](O)(C(=C)C)C(=O)OC(C)C. The Kier molecular flexibility index (Phi) is 6.18. The fourth-order valence-electron chi connectivity index (χ4n) is 1.75. The molecule has 0 aliphatic carbocycles. The van der Waals surface area contributed by atoms with E-state index < -0.39 is 11.6 Å². The maximum absolute atomic E-state index is 12.0. The Bertz CT molecular complexity index is 294. The lowest BCUT2D eigenvalue weighted by Gasteiger charge is -2.33. The van der Waals surface area contributed by atoms with E-state index in [1.54, 1.807) is 26.8 Å². The van der Waals surface area contributed by atoms with E-state index >= 15 is 0 Å². The van der Waals surface area contributed by atoms with Gasteiger partial charge in [-0.25, -0.2) is 4.79 Å². The number of ether oxygens (including phenoxy) is 1. The first-order valence-corrected chi connectivity index (χ1v) is 6.02. The molecule has 0 saturated carbocycles. The lowest BCUT2D eigenvalue weighted by molar-refractivity contribution is -0.169. The molecule has 0 radical (unpaired) electrons. The van der Waals surface area contributed by atoms with Crippen LogP contribution in [0.4, 0.5) is 0 Å². The molecule has 2 atom stereocenters. The minimum Gasteiger partial charge on any atom is -0.461 e. The van der Waals surface area contributed by atoms with E-state index in [0.29, 0.717) is 12.0 Å². The summed E-state index contributed by atoms with van der Waals surface area (Å²) in [7, 11) is 0. The molecule has 0 bridgehead atoms. The normalized spacial score (nSPS) is 16.1. The summed E-state index contributed by atoms with van der Waals surface area (Å²) in [6.07, 6.45) is 2.85. The standard InChI is InChI=1S/C14H24O3/c1-7-9-12(8-2)14(16,10(3)4)13(15)17-11(5)6/h8,11-12,16H,2-3,7,9H2,1,4-6H3/t12-,14-/m1/s1. The molecule has 0 aromatic rings. The Hall–Kier alpha value is -1.09. The molecule has 0 unspecified atom stereocenters. The minimum atomic E-state index is -1.66. The van der Waals surface area contributed by atoms with Gasteiger partial charge in [0.25, 0.3) is 0 Å². The van der Waals surface area contributed by atoms with Crippen LogP contribution in [0.15, 0.2) is 24.8 Å².